The molecule has 0 radical (unpaired) electrons. The van der Waals surface area contributed by atoms with Crippen LogP contribution in [0, 0.1) is 10.1 Å². The van der Waals surface area contributed by atoms with Crippen LogP contribution in [0.2, 0.25) is 0 Å². The quantitative estimate of drug-likeness (QED) is 0.407. The molecule has 0 aliphatic heterocycles. The molecule has 0 aliphatic rings. The molecular formula is C18H20N2O6S. The number of carbonyl (C=O) groups is 1. The summed E-state index contributed by atoms with van der Waals surface area (Å²) in [6.07, 6.45) is 0. The third-order valence-electron chi connectivity index (χ3n) is 3.99. The summed E-state index contributed by atoms with van der Waals surface area (Å²) < 4.78 is 31.5. The van der Waals surface area contributed by atoms with Crippen LogP contribution in [0.15, 0.2) is 53.4 Å². The number of nitrogens with zero attached hydrogens (tertiary/aromatic N) is 2. The van der Waals surface area contributed by atoms with Crippen molar-refractivity contribution in [3.05, 3.63) is 69.8 Å². The van der Waals surface area contributed by atoms with Gasteiger partial charge in [0.05, 0.1) is 15.4 Å². The average Bonchev–Trinajstić information content (AvgIpc) is 2.65. The van der Waals surface area contributed by atoms with E-state index in [-0.39, 0.29) is 28.8 Å². The number of hydrogen-bond acceptors (Lipinski definition) is 6. The number of sulfonamides is 1. The lowest BCUT2D eigenvalue weighted by Crippen LogP contribution is -2.33. The van der Waals surface area contributed by atoms with E-state index >= 15 is 0 Å². The molecule has 0 atom stereocenters. The zero-order valence-corrected chi connectivity index (χ0v) is 16.0. The number of nitro groups is 1. The fourth-order valence-electron chi connectivity index (χ4n) is 2.17. The first-order valence-electron chi connectivity index (χ1n) is 8.11. The maximum Gasteiger partial charge on any atom is 0.338 e. The van der Waals surface area contributed by atoms with Crippen LogP contribution in [0.1, 0.15) is 29.8 Å². The summed E-state index contributed by atoms with van der Waals surface area (Å²) in [7, 11) is -2.24. The zero-order chi connectivity index (χ0) is 20.2. The highest BCUT2D eigenvalue weighted by atomic mass is 32.2. The van der Waals surface area contributed by atoms with Crippen LogP contribution in [0.25, 0.3) is 0 Å². The van der Waals surface area contributed by atoms with Crippen LogP contribution < -0.4 is 0 Å². The van der Waals surface area contributed by atoms with Crippen molar-refractivity contribution >= 4 is 21.7 Å². The van der Waals surface area contributed by atoms with Gasteiger partial charge in [0.15, 0.2) is 0 Å². The Morgan fingerprint density at radius 3 is 2.37 bits per heavy atom. The lowest BCUT2D eigenvalue weighted by atomic mass is 10.2. The second kappa shape index (κ2) is 8.28. The number of nitro benzene ring substituents is 1. The van der Waals surface area contributed by atoms with Crippen LogP contribution in [-0.4, -0.2) is 36.7 Å². The van der Waals surface area contributed by atoms with Gasteiger partial charge in [0.25, 0.3) is 5.69 Å². The lowest BCUT2D eigenvalue weighted by Gasteiger charge is -2.21. The van der Waals surface area contributed by atoms with Crippen LogP contribution in [0.3, 0.4) is 0 Å². The van der Waals surface area contributed by atoms with Crippen molar-refractivity contribution in [2.75, 3.05) is 7.05 Å². The molecular weight excluding hydrogens is 372 g/mol. The Morgan fingerprint density at radius 2 is 1.81 bits per heavy atom. The van der Waals surface area contributed by atoms with Crippen molar-refractivity contribution in [2.24, 2.45) is 0 Å². The standard InChI is InChI=1S/C18H20N2O6S/c1-13(2)19(3)27(24,25)17-6-4-5-15(11-17)18(21)26-12-14-7-9-16(10-8-14)20(22)23/h4-11,13H,12H2,1-3H3. The maximum absolute atomic E-state index is 12.5. The van der Waals surface area contributed by atoms with Crippen LogP contribution in [0.4, 0.5) is 5.69 Å². The zero-order valence-electron chi connectivity index (χ0n) is 15.2. The van der Waals surface area contributed by atoms with E-state index in [4.69, 9.17) is 4.74 Å². The third kappa shape index (κ3) is 4.89. The molecule has 0 unspecified atom stereocenters. The molecule has 144 valence electrons. The number of benzene rings is 2. The highest BCUT2D eigenvalue weighted by Gasteiger charge is 2.24. The molecule has 0 heterocycles. The summed E-state index contributed by atoms with van der Waals surface area (Å²) in [4.78, 5) is 22.4. The van der Waals surface area contributed by atoms with Crippen LogP contribution >= 0.6 is 0 Å². The van der Waals surface area contributed by atoms with E-state index in [1.54, 1.807) is 13.8 Å². The summed E-state index contributed by atoms with van der Waals surface area (Å²) in [5.41, 5.74) is 0.629. The molecule has 0 spiro atoms. The molecule has 2 aromatic carbocycles. The molecule has 0 aromatic heterocycles. The third-order valence-corrected chi connectivity index (χ3v) is 6.02. The smallest absolute Gasteiger partial charge is 0.338 e. The number of hydrogen-bond donors (Lipinski definition) is 0. The molecule has 0 fully saturated rings. The number of esters is 1. The SMILES string of the molecule is CC(C)N(C)S(=O)(=O)c1cccc(C(=O)OCc2ccc([N+](=O)[O-])cc2)c1. The normalized spacial score (nSPS) is 11.6. The molecule has 0 bridgehead atoms. The molecule has 0 saturated heterocycles. The summed E-state index contributed by atoms with van der Waals surface area (Å²) in [6, 6.07) is 11.0. The van der Waals surface area contributed by atoms with Crippen LogP contribution in [0.5, 0.6) is 0 Å². The van der Waals surface area contributed by atoms with E-state index in [1.807, 2.05) is 0 Å². The van der Waals surface area contributed by atoms with Crippen molar-refractivity contribution in [2.45, 2.75) is 31.4 Å². The molecule has 0 N–H and O–H groups in total. The molecule has 27 heavy (non-hydrogen) atoms. The number of non-ortho nitro benzene ring substituents is 1. The number of rotatable bonds is 7. The molecule has 8 nitrogen and oxygen atoms in total. The van der Waals surface area contributed by atoms with Gasteiger partial charge in [-0.1, -0.05) is 6.07 Å². The first kappa shape index (κ1) is 20.5. The monoisotopic (exact) mass is 392 g/mol. The van der Waals surface area contributed by atoms with Crippen molar-refractivity contribution in [1.29, 1.82) is 0 Å². The summed E-state index contributed by atoms with van der Waals surface area (Å²) in [5.74, 6) is -0.683. The van der Waals surface area contributed by atoms with Crippen molar-refractivity contribution in [3.63, 3.8) is 0 Å². The van der Waals surface area contributed by atoms with Gasteiger partial charge in [-0.3, -0.25) is 10.1 Å². The van der Waals surface area contributed by atoms with Gasteiger partial charge < -0.3 is 4.74 Å². The molecule has 0 amide bonds. The van der Waals surface area contributed by atoms with Crippen molar-refractivity contribution < 1.29 is 22.9 Å². The molecule has 2 rings (SSSR count). The Labute approximate surface area is 157 Å². The van der Waals surface area contributed by atoms with Crippen molar-refractivity contribution in [3.8, 4) is 0 Å². The molecule has 0 aliphatic carbocycles. The molecule has 0 saturated carbocycles. The predicted molar refractivity (Wildman–Crippen MR) is 98.7 cm³/mol. The predicted octanol–water partition coefficient (Wildman–Crippen LogP) is 2.98. The minimum absolute atomic E-state index is 0.00323. The lowest BCUT2D eigenvalue weighted by molar-refractivity contribution is -0.384. The Morgan fingerprint density at radius 1 is 1.19 bits per heavy atom. The summed E-state index contributed by atoms with van der Waals surface area (Å²) in [5, 5.41) is 10.6. The Kier molecular flexibility index (Phi) is 6.29. The fourth-order valence-corrected chi connectivity index (χ4v) is 3.59. The van der Waals surface area contributed by atoms with E-state index in [9.17, 15) is 23.3 Å². The summed E-state index contributed by atoms with van der Waals surface area (Å²) in [6.45, 7) is 3.42. The second-order valence-electron chi connectivity index (χ2n) is 6.14. The average molecular weight is 392 g/mol. The topological polar surface area (TPSA) is 107 Å². The van der Waals surface area contributed by atoms with E-state index in [2.05, 4.69) is 0 Å². The summed E-state index contributed by atoms with van der Waals surface area (Å²) >= 11 is 0. The minimum atomic E-state index is -3.71. The Balaban J connectivity index is 2.12. The number of carbonyl (C=O) groups excluding carboxylic acids is 1. The Bertz CT molecular complexity index is 939. The van der Waals surface area contributed by atoms with E-state index < -0.39 is 20.9 Å². The largest absolute Gasteiger partial charge is 0.457 e. The van der Waals surface area contributed by atoms with Gasteiger partial charge in [0.1, 0.15) is 6.61 Å². The molecule has 2 aromatic rings. The van der Waals surface area contributed by atoms with E-state index in [0.29, 0.717) is 5.56 Å². The first-order valence-corrected chi connectivity index (χ1v) is 9.55. The highest BCUT2D eigenvalue weighted by molar-refractivity contribution is 7.89. The minimum Gasteiger partial charge on any atom is -0.457 e. The first-order chi connectivity index (χ1) is 12.6. The number of ether oxygens (including phenoxy) is 1. The van der Waals surface area contributed by atoms with Gasteiger partial charge >= 0.3 is 5.97 Å². The molecule has 9 heteroatoms. The van der Waals surface area contributed by atoms with Gasteiger partial charge in [-0.05, 0) is 49.7 Å². The Hall–Kier alpha value is -2.78. The van der Waals surface area contributed by atoms with Crippen LogP contribution in [-0.2, 0) is 21.4 Å². The maximum atomic E-state index is 12.5. The van der Waals surface area contributed by atoms with Gasteiger partial charge in [-0.2, -0.15) is 4.31 Å². The highest BCUT2D eigenvalue weighted by Crippen LogP contribution is 2.19. The van der Waals surface area contributed by atoms with Gasteiger partial charge in [0.2, 0.25) is 10.0 Å². The van der Waals surface area contributed by atoms with Gasteiger partial charge in [0, 0.05) is 25.2 Å². The van der Waals surface area contributed by atoms with E-state index in [1.165, 1.54) is 59.9 Å². The van der Waals surface area contributed by atoms with E-state index in [0.717, 1.165) is 0 Å². The fraction of sp³-hybridized carbons (Fsp3) is 0.278. The second-order valence-corrected chi connectivity index (χ2v) is 8.14. The van der Waals surface area contributed by atoms with Crippen molar-refractivity contribution in [1.82, 2.24) is 4.31 Å². The van der Waals surface area contributed by atoms with Gasteiger partial charge in [-0.15, -0.1) is 0 Å². The van der Waals surface area contributed by atoms with Gasteiger partial charge in [-0.25, -0.2) is 13.2 Å².